The molecule has 1 rings (SSSR count). The third-order valence-corrected chi connectivity index (χ3v) is 4.36. The molecule has 1 aliphatic rings. The number of hydrogen-bond acceptors (Lipinski definition) is 1. The van der Waals surface area contributed by atoms with Gasteiger partial charge in [0.15, 0.2) is 0 Å². The van der Waals surface area contributed by atoms with Gasteiger partial charge in [0.2, 0.25) is 0 Å². The van der Waals surface area contributed by atoms with E-state index in [1.54, 1.807) is 0 Å². The Kier molecular flexibility index (Phi) is 3.92. The first-order valence-electron chi connectivity index (χ1n) is 4.74. The minimum atomic E-state index is -3.89. The molecule has 1 saturated heterocycles. The van der Waals surface area contributed by atoms with Crippen LogP contribution in [0.25, 0.3) is 0 Å². The van der Waals surface area contributed by atoms with E-state index in [9.17, 15) is 4.57 Å². The summed E-state index contributed by atoms with van der Waals surface area (Å²) in [4.78, 5) is 18.2. The third kappa shape index (κ3) is 3.06. The molecule has 13 heavy (non-hydrogen) atoms. The van der Waals surface area contributed by atoms with Crippen molar-refractivity contribution in [2.75, 3.05) is 13.1 Å². The van der Waals surface area contributed by atoms with Crippen LogP contribution in [-0.4, -0.2) is 28.5 Å². The molecule has 5 heteroatoms. The Bertz CT molecular complexity index is 198. The third-order valence-electron chi connectivity index (χ3n) is 2.71. The van der Waals surface area contributed by atoms with Gasteiger partial charge in [-0.05, 0) is 25.2 Å². The SMILES string of the molecule is CCC(C1CC[N]CC1)P(=O)(O)O. The first-order valence-corrected chi connectivity index (χ1v) is 6.42. The zero-order valence-corrected chi connectivity index (χ0v) is 8.78. The van der Waals surface area contributed by atoms with Crippen molar-refractivity contribution in [3.8, 4) is 0 Å². The van der Waals surface area contributed by atoms with Crippen LogP contribution in [0.4, 0.5) is 0 Å². The van der Waals surface area contributed by atoms with Crippen molar-refractivity contribution < 1.29 is 14.4 Å². The van der Waals surface area contributed by atoms with E-state index in [0.29, 0.717) is 6.42 Å². The zero-order chi connectivity index (χ0) is 9.90. The van der Waals surface area contributed by atoms with Gasteiger partial charge in [0.25, 0.3) is 0 Å². The predicted octanol–water partition coefficient (Wildman–Crippen LogP) is 0.957. The Morgan fingerprint density at radius 1 is 1.46 bits per heavy atom. The summed E-state index contributed by atoms with van der Waals surface area (Å²) >= 11 is 0. The monoisotopic (exact) mass is 206 g/mol. The van der Waals surface area contributed by atoms with Gasteiger partial charge in [-0.2, -0.15) is 0 Å². The molecule has 0 aromatic carbocycles. The lowest BCUT2D eigenvalue weighted by molar-refractivity contribution is 0.292. The molecule has 2 N–H and O–H groups in total. The normalized spacial score (nSPS) is 23.0. The van der Waals surface area contributed by atoms with Gasteiger partial charge in [-0.3, -0.25) is 4.57 Å². The van der Waals surface area contributed by atoms with E-state index in [-0.39, 0.29) is 5.92 Å². The molecule has 1 radical (unpaired) electrons. The summed E-state index contributed by atoms with van der Waals surface area (Å²) in [6.07, 6.45) is 2.24. The smallest absolute Gasteiger partial charge is 0.324 e. The number of piperidine rings is 1. The van der Waals surface area contributed by atoms with E-state index in [4.69, 9.17) is 9.79 Å². The van der Waals surface area contributed by atoms with Crippen LogP contribution in [-0.2, 0) is 4.57 Å². The van der Waals surface area contributed by atoms with Gasteiger partial charge in [0.05, 0.1) is 5.66 Å². The number of nitrogens with zero attached hydrogens (tertiary/aromatic N) is 1. The van der Waals surface area contributed by atoms with Gasteiger partial charge >= 0.3 is 7.60 Å². The van der Waals surface area contributed by atoms with Gasteiger partial charge in [-0.1, -0.05) is 6.92 Å². The molecular weight excluding hydrogens is 189 g/mol. The number of rotatable bonds is 3. The summed E-state index contributed by atoms with van der Waals surface area (Å²) in [6, 6.07) is 0. The Labute approximate surface area is 78.9 Å². The molecule has 0 bridgehead atoms. The highest BCUT2D eigenvalue weighted by molar-refractivity contribution is 7.52. The Morgan fingerprint density at radius 2 is 2.00 bits per heavy atom. The van der Waals surface area contributed by atoms with Crippen molar-refractivity contribution in [1.82, 2.24) is 5.32 Å². The Morgan fingerprint density at radius 3 is 2.38 bits per heavy atom. The van der Waals surface area contributed by atoms with Gasteiger partial charge in [0.1, 0.15) is 0 Å². The molecule has 0 aromatic rings. The highest BCUT2D eigenvalue weighted by Crippen LogP contribution is 2.48. The van der Waals surface area contributed by atoms with Crippen LogP contribution in [0.1, 0.15) is 26.2 Å². The second-order valence-electron chi connectivity index (χ2n) is 3.57. The Hall–Kier alpha value is 0.110. The molecule has 0 aromatic heterocycles. The second kappa shape index (κ2) is 4.56. The summed E-state index contributed by atoms with van der Waals surface area (Å²) in [5, 5.41) is 4.17. The fraction of sp³-hybridized carbons (Fsp3) is 1.00. The van der Waals surface area contributed by atoms with E-state index in [1.807, 2.05) is 6.92 Å². The molecule has 0 amide bonds. The summed E-state index contributed by atoms with van der Waals surface area (Å²) in [5.74, 6) is 0.170. The van der Waals surface area contributed by atoms with Crippen molar-refractivity contribution in [2.24, 2.45) is 5.92 Å². The molecule has 1 atom stereocenters. The first kappa shape index (κ1) is 11.2. The minimum absolute atomic E-state index is 0.170. The molecule has 1 aliphatic heterocycles. The maximum Gasteiger partial charge on any atom is 0.328 e. The molecule has 1 unspecified atom stereocenters. The predicted molar refractivity (Wildman–Crippen MR) is 50.7 cm³/mol. The lowest BCUT2D eigenvalue weighted by atomic mass is 9.93. The average molecular weight is 206 g/mol. The van der Waals surface area contributed by atoms with Crippen molar-refractivity contribution >= 4 is 7.60 Å². The van der Waals surface area contributed by atoms with E-state index in [0.717, 1.165) is 25.9 Å². The van der Waals surface area contributed by atoms with Crippen molar-refractivity contribution in [1.29, 1.82) is 0 Å². The fourth-order valence-electron chi connectivity index (χ4n) is 2.00. The van der Waals surface area contributed by atoms with E-state index >= 15 is 0 Å². The first-order chi connectivity index (χ1) is 6.05. The molecule has 0 aliphatic carbocycles. The van der Waals surface area contributed by atoms with Gasteiger partial charge in [-0.25, -0.2) is 5.32 Å². The molecular formula is C8H17NO3P. The largest absolute Gasteiger partial charge is 0.328 e. The van der Waals surface area contributed by atoms with Crippen molar-refractivity contribution in [2.45, 2.75) is 31.8 Å². The summed E-state index contributed by atoms with van der Waals surface area (Å²) in [7, 11) is -3.89. The van der Waals surface area contributed by atoms with E-state index in [2.05, 4.69) is 5.32 Å². The lowest BCUT2D eigenvalue weighted by Gasteiger charge is -2.29. The minimum Gasteiger partial charge on any atom is -0.324 e. The van der Waals surface area contributed by atoms with Crippen LogP contribution in [0.2, 0.25) is 0 Å². The molecule has 1 fully saturated rings. The lowest BCUT2D eigenvalue weighted by Crippen LogP contribution is -2.30. The molecule has 0 saturated carbocycles. The van der Waals surface area contributed by atoms with Crippen LogP contribution in [0.15, 0.2) is 0 Å². The van der Waals surface area contributed by atoms with Crippen LogP contribution in [0, 0.1) is 5.92 Å². The second-order valence-corrected chi connectivity index (χ2v) is 5.41. The molecule has 77 valence electrons. The molecule has 0 spiro atoms. The van der Waals surface area contributed by atoms with E-state index < -0.39 is 13.3 Å². The number of hydrogen-bond donors (Lipinski definition) is 2. The standard InChI is InChI=1S/C8H17NO3P/c1-2-8(13(10,11)12)7-3-5-9-6-4-7/h7-8H,2-6H2,1H3,(H2,10,11,12). The maximum absolute atomic E-state index is 11.1. The molecule has 4 nitrogen and oxygen atoms in total. The Balaban J connectivity index is 2.59. The van der Waals surface area contributed by atoms with Gasteiger partial charge < -0.3 is 9.79 Å². The molecule has 1 heterocycles. The zero-order valence-electron chi connectivity index (χ0n) is 7.89. The van der Waals surface area contributed by atoms with Crippen LogP contribution in [0.5, 0.6) is 0 Å². The highest BCUT2D eigenvalue weighted by Gasteiger charge is 2.35. The topological polar surface area (TPSA) is 71.6 Å². The quantitative estimate of drug-likeness (QED) is 0.675. The summed E-state index contributed by atoms with van der Waals surface area (Å²) in [6.45, 7) is 3.37. The van der Waals surface area contributed by atoms with Crippen LogP contribution in [0.3, 0.4) is 0 Å². The average Bonchev–Trinajstić information content (AvgIpc) is 2.05. The van der Waals surface area contributed by atoms with Crippen LogP contribution < -0.4 is 5.32 Å². The van der Waals surface area contributed by atoms with Gasteiger partial charge in [-0.15, -0.1) is 0 Å². The maximum atomic E-state index is 11.1. The van der Waals surface area contributed by atoms with E-state index in [1.165, 1.54) is 0 Å². The van der Waals surface area contributed by atoms with Crippen molar-refractivity contribution in [3.63, 3.8) is 0 Å². The van der Waals surface area contributed by atoms with Crippen LogP contribution >= 0.6 is 7.60 Å². The van der Waals surface area contributed by atoms with Gasteiger partial charge in [0, 0.05) is 13.1 Å². The highest BCUT2D eigenvalue weighted by atomic mass is 31.2. The van der Waals surface area contributed by atoms with Crippen molar-refractivity contribution in [3.05, 3.63) is 0 Å². The fourth-order valence-corrected chi connectivity index (χ4v) is 3.32. The summed E-state index contributed by atoms with van der Waals surface area (Å²) < 4.78 is 11.1. The summed E-state index contributed by atoms with van der Waals surface area (Å²) in [5.41, 5.74) is -0.442.